The Labute approximate surface area is 152 Å². The Balaban J connectivity index is 2.75. The summed E-state index contributed by atoms with van der Waals surface area (Å²) < 4.78 is 5.31. The number of hydrogen-bond donors (Lipinski definition) is 3. The van der Waals surface area contributed by atoms with Gasteiger partial charge in [0.1, 0.15) is 11.4 Å². The van der Waals surface area contributed by atoms with E-state index >= 15 is 0 Å². The van der Waals surface area contributed by atoms with Crippen LogP contribution in [-0.4, -0.2) is 55.7 Å². The maximum absolute atomic E-state index is 10.6. The van der Waals surface area contributed by atoms with E-state index in [0.29, 0.717) is 23.7 Å². The average Bonchev–Trinajstić information content (AvgIpc) is 3.11. The first kappa shape index (κ1) is 21.5. The van der Waals surface area contributed by atoms with Gasteiger partial charge >= 0.3 is 0 Å². The summed E-state index contributed by atoms with van der Waals surface area (Å²) in [5.74, 6) is 1.87. The topological polar surface area (TPSA) is 73.0 Å². The highest BCUT2D eigenvalue weighted by Crippen LogP contribution is 2.21. The standard InChI is InChI=1S/C19H36N4O2/c1-7-15(8-2)16(23(5)6)13-21-18(20-9-3)22-14-19(4,24)17-11-10-12-25-17/h10-12,15-16,24H,7-9,13-14H2,1-6H3,(H2,20,21,22). The van der Waals surface area contributed by atoms with Gasteiger partial charge in [0.2, 0.25) is 0 Å². The summed E-state index contributed by atoms with van der Waals surface area (Å²) >= 11 is 0. The van der Waals surface area contributed by atoms with Crippen LogP contribution >= 0.6 is 0 Å². The van der Waals surface area contributed by atoms with E-state index in [-0.39, 0.29) is 6.54 Å². The summed E-state index contributed by atoms with van der Waals surface area (Å²) in [4.78, 5) is 6.82. The summed E-state index contributed by atoms with van der Waals surface area (Å²) in [6, 6.07) is 3.98. The van der Waals surface area contributed by atoms with E-state index in [9.17, 15) is 5.11 Å². The molecule has 0 aliphatic rings. The lowest BCUT2D eigenvalue weighted by Gasteiger charge is -2.32. The Morgan fingerprint density at radius 2 is 1.96 bits per heavy atom. The van der Waals surface area contributed by atoms with Crippen LogP contribution in [0.1, 0.15) is 46.3 Å². The molecule has 0 aliphatic carbocycles. The van der Waals surface area contributed by atoms with Gasteiger partial charge in [-0.05, 0) is 46.0 Å². The second-order valence-electron chi connectivity index (χ2n) is 6.93. The molecule has 25 heavy (non-hydrogen) atoms. The number of nitrogens with one attached hydrogen (secondary N) is 2. The van der Waals surface area contributed by atoms with E-state index in [1.807, 2.05) is 6.92 Å². The predicted octanol–water partition coefficient (Wildman–Crippen LogP) is 2.41. The zero-order valence-electron chi connectivity index (χ0n) is 16.7. The van der Waals surface area contributed by atoms with Gasteiger partial charge in [-0.25, -0.2) is 4.99 Å². The van der Waals surface area contributed by atoms with Gasteiger partial charge in [0.25, 0.3) is 0 Å². The molecule has 0 spiro atoms. The lowest BCUT2D eigenvalue weighted by Crippen LogP contribution is -2.48. The van der Waals surface area contributed by atoms with E-state index < -0.39 is 5.60 Å². The minimum atomic E-state index is -1.12. The number of rotatable bonds is 10. The fourth-order valence-electron chi connectivity index (χ4n) is 3.04. The third kappa shape index (κ3) is 6.71. The predicted molar refractivity (Wildman–Crippen MR) is 104 cm³/mol. The lowest BCUT2D eigenvalue weighted by molar-refractivity contribution is 0.0436. The minimum Gasteiger partial charge on any atom is -0.466 e. The SMILES string of the molecule is CCNC(=NCC(C)(O)c1ccco1)NCC(C(CC)CC)N(C)C. The summed E-state index contributed by atoms with van der Waals surface area (Å²) in [6.07, 6.45) is 3.87. The first-order valence-electron chi connectivity index (χ1n) is 9.30. The molecule has 1 rings (SSSR count). The maximum Gasteiger partial charge on any atom is 0.191 e. The quantitative estimate of drug-likeness (QED) is 0.445. The lowest BCUT2D eigenvalue weighted by atomic mass is 9.93. The number of aliphatic imine (C=N–C) groups is 1. The smallest absolute Gasteiger partial charge is 0.191 e. The Morgan fingerprint density at radius 1 is 1.28 bits per heavy atom. The van der Waals surface area contributed by atoms with E-state index in [0.717, 1.165) is 25.9 Å². The van der Waals surface area contributed by atoms with Gasteiger partial charge in [-0.15, -0.1) is 0 Å². The molecule has 144 valence electrons. The zero-order valence-corrected chi connectivity index (χ0v) is 16.7. The molecule has 6 nitrogen and oxygen atoms in total. The molecular formula is C19H36N4O2. The number of guanidine groups is 1. The largest absolute Gasteiger partial charge is 0.466 e. The molecule has 0 saturated heterocycles. The molecule has 0 aromatic carbocycles. The summed E-state index contributed by atoms with van der Waals surface area (Å²) in [5, 5.41) is 17.2. The molecule has 0 fully saturated rings. The number of aliphatic hydroxyl groups is 1. The second-order valence-corrected chi connectivity index (χ2v) is 6.93. The van der Waals surface area contributed by atoms with Gasteiger partial charge in [0.05, 0.1) is 12.8 Å². The Hall–Kier alpha value is -1.53. The highest BCUT2D eigenvalue weighted by molar-refractivity contribution is 5.79. The summed E-state index contributed by atoms with van der Waals surface area (Å²) in [7, 11) is 4.24. The Bertz CT molecular complexity index is 494. The van der Waals surface area contributed by atoms with Crippen molar-refractivity contribution in [1.82, 2.24) is 15.5 Å². The summed E-state index contributed by atoms with van der Waals surface area (Å²) in [5.41, 5.74) is -1.12. The molecule has 0 saturated carbocycles. The van der Waals surface area contributed by atoms with Crippen LogP contribution in [0.2, 0.25) is 0 Å². The normalized spacial score (nSPS) is 16.1. The molecule has 0 aliphatic heterocycles. The van der Waals surface area contributed by atoms with Crippen molar-refractivity contribution in [2.75, 3.05) is 33.7 Å². The van der Waals surface area contributed by atoms with Crippen LogP contribution in [0.25, 0.3) is 0 Å². The van der Waals surface area contributed by atoms with Crippen molar-refractivity contribution < 1.29 is 9.52 Å². The van der Waals surface area contributed by atoms with Crippen molar-refractivity contribution in [3.8, 4) is 0 Å². The van der Waals surface area contributed by atoms with Crippen molar-refractivity contribution in [3.63, 3.8) is 0 Å². The first-order valence-corrected chi connectivity index (χ1v) is 9.30. The molecule has 2 unspecified atom stereocenters. The molecular weight excluding hydrogens is 316 g/mol. The van der Waals surface area contributed by atoms with Gasteiger partial charge in [-0.2, -0.15) is 0 Å². The molecule has 2 atom stereocenters. The van der Waals surface area contributed by atoms with E-state index in [2.05, 4.69) is 48.5 Å². The molecule has 1 aromatic heterocycles. The minimum absolute atomic E-state index is 0.230. The second kappa shape index (κ2) is 10.5. The van der Waals surface area contributed by atoms with Crippen molar-refractivity contribution in [2.45, 2.75) is 52.2 Å². The third-order valence-electron chi connectivity index (χ3n) is 4.68. The van der Waals surface area contributed by atoms with Gasteiger partial charge in [0.15, 0.2) is 5.96 Å². The molecule has 1 aromatic rings. The molecule has 0 radical (unpaired) electrons. The maximum atomic E-state index is 10.6. The fraction of sp³-hybridized carbons (Fsp3) is 0.737. The molecule has 6 heteroatoms. The fourth-order valence-corrected chi connectivity index (χ4v) is 3.04. The van der Waals surface area contributed by atoms with Gasteiger partial charge in [-0.1, -0.05) is 26.7 Å². The molecule has 1 heterocycles. The Morgan fingerprint density at radius 3 is 2.44 bits per heavy atom. The zero-order chi connectivity index (χ0) is 18.9. The molecule has 0 bridgehead atoms. The van der Waals surface area contributed by atoms with Crippen LogP contribution in [0.3, 0.4) is 0 Å². The van der Waals surface area contributed by atoms with Crippen molar-refractivity contribution in [2.24, 2.45) is 10.9 Å². The highest BCUT2D eigenvalue weighted by atomic mass is 16.4. The van der Waals surface area contributed by atoms with Crippen molar-refractivity contribution >= 4 is 5.96 Å². The van der Waals surface area contributed by atoms with E-state index in [4.69, 9.17) is 4.42 Å². The van der Waals surface area contributed by atoms with Gasteiger partial charge < -0.3 is 25.1 Å². The number of nitrogens with zero attached hydrogens (tertiary/aromatic N) is 2. The number of furan rings is 1. The van der Waals surface area contributed by atoms with Gasteiger partial charge in [-0.3, -0.25) is 0 Å². The first-order chi connectivity index (χ1) is 11.9. The van der Waals surface area contributed by atoms with Crippen LogP contribution in [0.5, 0.6) is 0 Å². The molecule has 0 amide bonds. The monoisotopic (exact) mass is 352 g/mol. The van der Waals surface area contributed by atoms with Crippen molar-refractivity contribution in [1.29, 1.82) is 0 Å². The Kier molecular flexibility index (Phi) is 9.00. The molecule has 3 N–H and O–H groups in total. The number of hydrogen-bond acceptors (Lipinski definition) is 4. The van der Waals surface area contributed by atoms with Crippen LogP contribution in [-0.2, 0) is 5.60 Å². The van der Waals surface area contributed by atoms with E-state index in [1.165, 1.54) is 0 Å². The number of likely N-dealkylation sites (N-methyl/N-ethyl adjacent to an activating group) is 1. The van der Waals surface area contributed by atoms with Crippen molar-refractivity contribution in [3.05, 3.63) is 24.2 Å². The van der Waals surface area contributed by atoms with E-state index in [1.54, 1.807) is 25.3 Å². The van der Waals surface area contributed by atoms with Crippen LogP contribution in [0.4, 0.5) is 0 Å². The van der Waals surface area contributed by atoms with Crippen LogP contribution < -0.4 is 10.6 Å². The summed E-state index contributed by atoms with van der Waals surface area (Å²) in [6.45, 7) is 10.0. The third-order valence-corrected chi connectivity index (χ3v) is 4.68. The average molecular weight is 353 g/mol. The highest BCUT2D eigenvalue weighted by Gasteiger charge is 2.26. The van der Waals surface area contributed by atoms with Crippen LogP contribution in [0, 0.1) is 5.92 Å². The van der Waals surface area contributed by atoms with Crippen LogP contribution in [0.15, 0.2) is 27.8 Å². The van der Waals surface area contributed by atoms with Gasteiger partial charge in [0, 0.05) is 19.1 Å².